The highest BCUT2D eigenvalue weighted by Crippen LogP contribution is 2.63. The van der Waals surface area contributed by atoms with Gasteiger partial charge in [-0.3, -0.25) is 14.4 Å². The molecule has 0 aromatic rings. The Kier molecular flexibility index (Phi) is 7.76. The molecule has 1 saturated carbocycles. The third-order valence-corrected chi connectivity index (χ3v) is 8.77. The summed E-state index contributed by atoms with van der Waals surface area (Å²) in [5.41, 5.74) is -1.21. The minimum absolute atomic E-state index is 0.00240. The Labute approximate surface area is 228 Å². The molecule has 0 radical (unpaired) electrons. The Bertz CT molecular complexity index is 1220. The van der Waals surface area contributed by atoms with E-state index in [4.69, 9.17) is 14.2 Å². The predicted molar refractivity (Wildman–Crippen MR) is 142 cm³/mol. The molecule has 0 unspecified atom stereocenters. The van der Waals surface area contributed by atoms with Crippen molar-refractivity contribution >= 4 is 23.5 Å². The fraction of sp³-hybridized carbons (Fsp3) is 0.533. The number of aliphatic hydroxyl groups excluding tert-OH is 1. The second-order valence-corrected chi connectivity index (χ2v) is 10.9. The summed E-state index contributed by atoms with van der Waals surface area (Å²) in [5, 5.41) is 11.6. The van der Waals surface area contributed by atoms with Crippen LogP contribution in [-0.4, -0.2) is 72.5 Å². The molecule has 39 heavy (non-hydrogen) atoms. The van der Waals surface area contributed by atoms with Gasteiger partial charge in [0.15, 0.2) is 5.76 Å². The quantitative estimate of drug-likeness (QED) is 0.267. The summed E-state index contributed by atoms with van der Waals surface area (Å²) >= 11 is 0. The van der Waals surface area contributed by atoms with Gasteiger partial charge in [0.25, 0.3) is 0 Å². The van der Waals surface area contributed by atoms with E-state index in [0.717, 1.165) is 0 Å². The van der Waals surface area contributed by atoms with E-state index in [1.54, 1.807) is 30.2 Å². The summed E-state index contributed by atoms with van der Waals surface area (Å²) < 4.78 is 17.3. The number of rotatable bonds is 9. The number of hydrogen-bond acceptors (Lipinski definition) is 9. The number of carbonyl (C=O) groups is 4. The molecule has 210 valence electrons. The minimum Gasteiger partial charge on any atom is -0.504 e. The lowest BCUT2D eigenvalue weighted by Gasteiger charge is -2.54. The number of hydrogen-bond donors (Lipinski definition) is 1. The van der Waals surface area contributed by atoms with Gasteiger partial charge in [-0.25, -0.2) is 4.79 Å². The maximum atomic E-state index is 14.1. The van der Waals surface area contributed by atoms with Gasteiger partial charge in [-0.15, -0.1) is 13.2 Å². The first kappa shape index (κ1) is 28.5. The van der Waals surface area contributed by atoms with Crippen molar-refractivity contribution in [2.45, 2.75) is 58.7 Å². The zero-order valence-corrected chi connectivity index (χ0v) is 23.1. The average Bonchev–Trinajstić information content (AvgIpc) is 3.17. The molecule has 1 heterocycles. The number of esters is 2. The first-order valence-electron chi connectivity index (χ1n) is 13.3. The number of cyclic esters (lactones) is 1. The molecule has 1 saturated heterocycles. The van der Waals surface area contributed by atoms with E-state index in [0.29, 0.717) is 31.5 Å². The van der Waals surface area contributed by atoms with Crippen LogP contribution in [0, 0.1) is 16.7 Å². The average molecular weight is 540 g/mol. The van der Waals surface area contributed by atoms with E-state index in [2.05, 4.69) is 13.2 Å². The summed E-state index contributed by atoms with van der Waals surface area (Å²) in [5.74, 6) is -2.94. The number of fused-ring (bicyclic) bond motifs is 4. The molecule has 9 heteroatoms. The largest absolute Gasteiger partial charge is 0.504 e. The van der Waals surface area contributed by atoms with Crippen molar-refractivity contribution in [1.82, 2.24) is 4.90 Å². The molecule has 5 atom stereocenters. The topological polar surface area (TPSA) is 119 Å². The van der Waals surface area contributed by atoms with Gasteiger partial charge in [-0.1, -0.05) is 26.0 Å². The predicted octanol–water partition coefficient (Wildman–Crippen LogP) is 3.52. The normalized spacial score (nSPS) is 32.9. The van der Waals surface area contributed by atoms with Crippen LogP contribution in [-0.2, 0) is 33.4 Å². The SMILES string of the molecule is C=CCN(/C=C1\C(=O)O[C@H](COC)[C@@]2(CC)C1=C(O)C(=O)C1=C2[C@H](OC(C)=O)C[C@]2(C)C(=O)CC[C@@H]12)CC=C. The monoisotopic (exact) mass is 539 g/mol. The van der Waals surface area contributed by atoms with Crippen molar-refractivity contribution < 1.29 is 38.5 Å². The summed E-state index contributed by atoms with van der Waals surface area (Å²) in [6.07, 6.45) is 4.25. The molecule has 1 aliphatic heterocycles. The molecule has 0 bridgehead atoms. The van der Waals surface area contributed by atoms with Gasteiger partial charge in [0.1, 0.15) is 18.0 Å². The lowest BCUT2D eigenvalue weighted by molar-refractivity contribution is -0.161. The molecule has 0 amide bonds. The summed E-state index contributed by atoms with van der Waals surface area (Å²) in [6, 6.07) is 0. The third kappa shape index (κ3) is 4.27. The van der Waals surface area contributed by atoms with Crippen molar-refractivity contribution in [2.75, 3.05) is 26.8 Å². The van der Waals surface area contributed by atoms with Crippen LogP contribution < -0.4 is 0 Å². The van der Waals surface area contributed by atoms with Gasteiger partial charge in [0.05, 0.1) is 17.6 Å². The first-order valence-corrected chi connectivity index (χ1v) is 13.3. The zero-order chi connectivity index (χ0) is 28.7. The van der Waals surface area contributed by atoms with Crippen LogP contribution in [0.2, 0.25) is 0 Å². The van der Waals surface area contributed by atoms with Crippen LogP contribution in [0.4, 0.5) is 0 Å². The van der Waals surface area contributed by atoms with Crippen molar-refractivity contribution in [2.24, 2.45) is 16.7 Å². The molecule has 0 aromatic heterocycles. The van der Waals surface area contributed by atoms with Crippen LogP contribution in [0.15, 0.2) is 59.6 Å². The van der Waals surface area contributed by atoms with E-state index in [1.165, 1.54) is 14.0 Å². The second-order valence-electron chi connectivity index (χ2n) is 10.9. The Morgan fingerprint density at radius 1 is 1.23 bits per heavy atom. The Morgan fingerprint density at radius 2 is 1.90 bits per heavy atom. The molecule has 3 aliphatic carbocycles. The van der Waals surface area contributed by atoms with Gasteiger partial charge in [0, 0.05) is 68.6 Å². The van der Waals surface area contributed by atoms with E-state index < -0.39 is 52.4 Å². The van der Waals surface area contributed by atoms with Crippen LogP contribution in [0.5, 0.6) is 0 Å². The number of aliphatic hydroxyl groups is 1. The van der Waals surface area contributed by atoms with E-state index in [-0.39, 0.29) is 42.0 Å². The fourth-order valence-electron chi connectivity index (χ4n) is 7.17. The van der Waals surface area contributed by atoms with Gasteiger partial charge >= 0.3 is 11.9 Å². The second kappa shape index (κ2) is 10.6. The van der Waals surface area contributed by atoms with Crippen LogP contribution in [0.3, 0.4) is 0 Å². The highest BCUT2D eigenvalue weighted by molar-refractivity contribution is 6.14. The van der Waals surface area contributed by atoms with E-state index >= 15 is 0 Å². The number of nitrogens with zero attached hydrogens (tertiary/aromatic N) is 1. The molecule has 0 spiro atoms. The lowest BCUT2D eigenvalue weighted by atomic mass is 9.52. The number of ketones is 2. The standard InChI is InChI=1S/C30H37NO8/c1-7-12-31(13-8-2)15-18-24-27(35)26(34)23-19-10-11-21(33)29(19,5)14-20(38-17(4)32)25(23)30(24,9-3)22(16-37-6)39-28(18)36/h7-8,15,19-20,22,35H,1-2,9-14,16H2,3-6H3/b18-15-/t19-,20+,22+,29-,30-/m0/s1. The number of carbonyl (C=O) groups excluding carboxylic acids is 4. The van der Waals surface area contributed by atoms with E-state index in [1.807, 2.05) is 6.92 Å². The summed E-state index contributed by atoms with van der Waals surface area (Å²) in [7, 11) is 1.47. The highest BCUT2D eigenvalue weighted by atomic mass is 16.6. The molecular weight excluding hydrogens is 502 g/mol. The van der Waals surface area contributed by atoms with Crippen molar-refractivity contribution in [1.29, 1.82) is 0 Å². The number of allylic oxidation sites excluding steroid dienone is 1. The highest BCUT2D eigenvalue weighted by Gasteiger charge is 2.65. The molecule has 1 N–H and O–H groups in total. The minimum atomic E-state index is -1.23. The van der Waals surface area contributed by atoms with Crippen LogP contribution in [0.25, 0.3) is 0 Å². The number of ether oxygens (including phenoxy) is 3. The maximum absolute atomic E-state index is 14.1. The van der Waals surface area contributed by atoms with Crippen LogP contribution in [0.1, 0.15) is 46.5 Å². The van der Waals surface area contributed by atoms with E-state index in [9.17, 15) is 24.3 Å². The van der Waals surface area contributed by atoms with Crippen molar-refractivity contribution in [3.8, 4) is 0 Å². The lowest BCUT2D eigenvalue weighted by Crippen LogP contribution is -2.58. The zero-order valence-electron chi connectivity index (χ0n) is 23.1. The molecule has 0 aromatic carbocycles. The smallest absolute Gasteiger partial charge is 0.340 e. The molecule has 4 rings (SSSR count). The molecule has 4 aliphatic rings. The van der Waals surface area contributed by atoms with Gasteiger partial charge in [0.2, 0.25) is 5.78 Å². The number of methoxy groups -OCH3 is 1. The number of Topliss-reactive ketones (excluding diaryl/α,β-unsaturated/α-hetero) is 2. The van der Waals surface area contributed by atoms with Crippen LogP contribution >= 0.6 is 0 Å². The summed E-state index contributed by atoms with van der Waals surface area (Å²) in [6.45, 7) is 13.2. The Morgan fingerprint density at radius 3 is 2.46 bits per heavy atom. The van der Waals surface area contributed by atoms with Crippen molar-refractivity contribution in [3.63, 3.8) is 0 Å². The van der Waals surface area contributed by atoms with Gasteiger partial charge in [-0.05, 0) is 18.4 Å². The Balaban J connectivity index is 2.06. The fourth-order valence-corrected chi connectivity index (χ4v) is 7.17. The van der Waals surface area contributed by atoms with Crippen molar-refractivity contribution in [3.05, 3.63) is 59.6 Å². The summed E-state index contributed by atoms with van der Waals surface area (Å²) in [4.78, 5) is 54.7. The third-order valence-electron chi connectivity index (χ3n) is 8.77. The molecule has 2 fully saturated rings. The van der Waals surface area contributed by atoms with Gasteiger partial charge < -0.3 is 24.2 Å². The molecule has 9 nitrogen and oxygen atoms in total. The molecular formula is C30H37NO8. The maximum Gasteiger partial charge on any atom is 0.340 e. The first-order chi connectivity index (χ1) is 18.5. The van der Waals surface area contributed by atoms with Gasteiger partial charge in [-0.2, -0.15) is 0 Å². The Hall–Kier alpha value is -3.46.